The molecule has 0 radical (unpaired) electrons. The fourth-order valence-electron chi connectivity index (χ4n) is 1.98. The maximum Gasteiger partial charge on any atom is 0.419 e. The number of hydrogen-bond acceptors (Lipinski definition) is 2. The highest BCUT2D eigenvalue weighted by molar-refractivity contribution is 9.08. The van der Waals surface area contributed by atoms with E-state index < -0.39 is 11.7 Å². The summed E-state index contributed by atoms with van der Waals surface area (Å²) in [6.07, 6.45) is -4.47. The molecule has 3 nitrogen and oxygen atoms in total. The molecule has 1 heterocycles. The molecule has 0 amide bonds. The molecule has 1 aromatic heterocycles. The zero-order valence-corrected chi connectivity index (χ0v) is 13.3. The van der Waals surface area contributed by atoms with E-state index in [9.17, 15) is 13.2 Å². The lowest BCUT2D eigenvalue weighted by atomic mass is 10.1. The van der Waals surface area contributed by atoms with E-state index in [4.69, 9.17) is 4.74 Å². The molecule has 0 spiro atoms. The molecule has 0 bridgehead atoms. The predicted molar refractivity (Wildman–Crippen MR) is 76.8 cm³/mol. The highest BCUT2D eigenvalue weighted by atomic mass is 79.9. The second kappa shape index (κ2) is 5.71. The third kappa shape index (κ3) is 3.23. The third-order valence-corrected chi connectivity index (χ3v) is 3.81. The van der Waals surface area contributed by atoms with Crippen LogP contribution in [0.2, 0.25) is 0 Å². The van der Waals surface area contributed by atoms with Gasteiger partial charge >= 0.3 is 6.18 Å². The summed E-state index contributed by atoms with van der Waals surface area (Å²) in [5.74, 6) is 0.140. The first-order valence-electron chi connectivity index (χ1n) is 6.18. The maximum atomic E-state index is 13.2. The standard InChI is InChI=1S/C14H14BrF3N2O/c1-8-13(9(2)20(3)19-8)21-12-5-4-10(7-15)6-11(12)14(16,17)18/h4-6H,7H2,1-3H3. The van der Waals surface area contributed by atoms with E-state index in [-0.39, 0.29) is 5.75 Å². The minimum Gasteiger partial charge on any atom is -0.453 e. The smallest absolute Gasteiger partial charge is 0.419 e. The summed E-state index contributed by atoms with van der Waals surface area (Å²) in [4.78, 5) is 0. The van der Waals surface area contributed by atoms with Gasteiger partial charge in [-0.15, -0.1) is 0 Å². The van der Waals surface area contributed by atoms with Crippen molar-refractivity contribution < 1.29 is 17.9 Å². The molecule has 0 aliphatic rings. The molecule has 0 aliphatic carbocycles. The molecule has 0 saturated heterocycles. The Morgan fingerprint density at radius 3 is 2.43 bits per heavy atom. The number of halogens is 4. The average molecular weight is 363 g/mol. The minimum absolute atomic E-state index is 0.216. The lowest BCUT2D eigenvalue weighted by Crippen LogP contribution is -2.08. The SMILES string of the molecule is Cc1nn(C)c(C)c1Oc1ccc(CBr)cc1C(F)(F)F. The molecule has 7 heteroatoms. The van der Waals surface area contributed by atoms with Gasteiger partial charge in [0, 0.05) is 12.4 Å². The van der Waals surface area contributed by atoms with E-state index in [1.54, 1.807) is 31.6 Å². The highest BCUT2D eigenvalue weighted by Crippen LogP contribution is 2.40. The molecule has 0 N–H and O–H groups in total. The lowest BCUT2D eigenvalue weighted by molar-refractivity contribution is -0.138. The molecule has 0 unspecified atom stereocenters. The van der Waals surface area contributed by atoms with Crippen LogP contribution in [0.5, 0.6) is 11.5 Å². The van der Waals surface area contributed by atoms with Crippen molar-refractivity contribution in [1.29, 1.82) is 0 Å². The Morgan fingerprint density at radius 2 is 1.95 bits per heavy atom. The van der Waals surface area contributed by atoms with Gasteiger partial charge < -0.3 is 4.74 Å². The van der Waals surface area contributed by atoms with E-state index in [2.05, 4.69) is 21.0 Å². The Kier molecular flexibility index (Phi) is 4.32. The Balaban J connectivity index is 2.49. The molecule has 0 atom stereocenters. The van der Waals surface area contributed by atoms with Crippen molar-refractivity contribution in [2.24, 2.45) is 7.05 Å². The molecule has 0 fully saturated rings. The Labute approximate surface area is 128 Å². The number of aryl methyl sites for hydroxylation is 2. The summed E-state index contributed by atoms with van der Waals surface area (Å²) in [5, 5.41) is 4.48. The molecular weight excluding hydrogens is 349 g/mol. The van der Waals surface area contributed by atoms with E-state index >= 15 is 0 Å². The predicted octanol–water partition coefficient (Wildman–Crippen LogP) is 4.74. The summed E-state index contributed by atoms with van der Waals surface area (Å²) in [6.45, 7) is 3.44. The zero-order valence-electron chi connectivity index (χ0n) is 11.8. The van der Waals surface area contributed by atoms with Crippen LogP contribution >= 0.6 is 15.9 Å². The summed E-state index contributed by atoms with van der Waals surface area (Å²) in [7, 11) is 1.72. The third-order valence-electron chi connectivity index (χ3n) is 3.16. The van der Waals surface area contributed by atoms with Gasteiger partial charge in [0.15, 0.2) is 5.75 Å². The number of hydrogen-bond donors (Lipinski definition) is 0. The monoisotopic (exact) mass is 362 g/mol. The fourth-order valence-corrected chi connectivity index (χ4v) is 2.33. The van der Waals surface area contributed by atoms with E-state index in [1.165, 1.54) is 6.07 Å². The van der Waals surface area contributed by atoms with E-state index in [0.717, 1.165) is 6.07 Å². The van der Waals surface area contributed by atoms with Crippen LogP contribution in [-0.4, -0.2) is 9.78 Å². The van der Waals surface area contributed by atoms with Crippen LogP contribution in [0, 0.1) is 13.8 Å². The van der Waals surface area contributed by atoms with Gasteiger partial charge in [-0.25, -0.2) is 0 Å². The van der Waals surface area contributed by atoms with Crippen molar-refractivity contribution in [3.05, 3.63) is 40.7 Å². The first kappa shape index (κ1) is 15.9. The van der Waals surface area contributed by atoms with Gasteiger partial charge in [-0.05, 0) is 31.5 Å². The Hall–Kier alpha value is -1.50. The summed E-state index contributed by atoms with van der Waals surface area (Å²) >= 11 is 3.15. The quantitative estimate of drug-likeness (QED) is 0.737. The first-order valence-corrected chi connectivity index (χ1v) is 7.30. The minimum atomic E-state index is -4.47. The molecule has 0 saturated carbocycles. The average Bonchev–Trinajstić information content (AvgIpc) is 2.64. The molecule has 114 valence electrons. The van der Waals surface area contributed by atoms with Crippen LogP contribution in [0.4, 0.5) is 13.2 Å². The summed E-state index contributed by atoms with van der Waals surface area (Å²) < 4.78 is 46.5. The van der Waals surface area contributed by atoms with Crippen LogP contribution in [-0.2, 0) is 18.6 Å². The normalized spacial score (nSPS) is 11.8. The van der Waals surface area contributed by atoms with Gasteiger partial charge in [0.1, 0.15) is 11.4 Å². The number of aromatic nitrogens is 2. The number of rotatable bonds is 3. The van der Waals surface area contributed by atoms with Gasteiger partial charge in [0.2, 0.25) is 0 Å². The zero-order chi connectivity index (χ0) is 15.8. The van der Waals surface area contributed by atoms with Gasteiger partial charge in [-0.3, -0.25) is 4.68 Å². The molecular formula is C14H14BrF3N2O. The molecule has 21 heavy (non-hydrogen) atoms. The van der Waals surface area contributed by atoms with Gasteiger partial charge in [-0.2, -0.15) is 18.3 Å². The van der Waals surface area contributed by atoms with E-state index in [1.807, 2.05) is 0 Å². The summed E-state index contributed by atoms with van der Waals surface area (Å²) in [6, 6.07) is 4.02. The van der Waals surface area contributed by atoms with Crippen molar-refractivity contribution >= 4 is 15.9 Å². The van der Waals surface area contributed by atoms with Crippen LogP contribution in [0.3, 0.4) is 0 Å². The van der Waals surface area contributed by atoms with Gasteiger partial charge in [0.25, 0.3) is 0 Å². The number of ether oxygens (including phenoxy) is 1. The second-order valence-corrected chi connectivity index (χ2v) is 5.25. The van der Waals surface area contributed by atoms with Gasteiger partial charge in [-0.1, -0.05) is 22.0 Å². The maximum absolute atomic E-state index is 13.2. The Morgan fingerprint density at radius 1 is 1.29 bits per heavy atom. The van der Waals surface area contributed by atoms with Crippen molar-refractivity contribution in [2.45, 2.75) is 25.4 Å². The molecule has 2 rings (SSSR count). The molecule has 0 aliphatic heterocycles. The summed E-state index contributed by atoms with van der Waals surface area (Å²) in [5.41, 5.74) is 0.967. The van der Waals surface area contributed by atoms with Crippen LogP contribution in [0.1, 0.15) is 22.5 Å². The first-order chi connectivity index (χ1) is 9.74. The van der Waals surface area contributed by atoms with Crippen LogP contribution in [0.15, 0.2) is 18.2 Å². The lowest BCUT2D eigenvalue weighted by Gasteiger charge is -2.15. The highest BCUT2D eigenvalue weighted by Gasteiger charge is 2.35. The van der Waals surface area contributed by atoms with Crippen molar-refractivity contribution in [1.82, 2.24) is 9.78 Å². The topological polar surface area (TPSA) is 27.1 Å². The fraction of sp³-hybridized carbons (Fsp3) is 0.357. The van der Waals surface area contributed by atoms with Crippen molar-refractivity contribution in [3.63, 3.8) is 0 Å². The second-order valence-electron chi connectivity index (χ2n) is 4.69. The number of nitrogens with zero attached hydrogens (tertiary/aromatic N) is 2. The van der Waals surface area contributed by atoms with Gasteiger partial charge in [0.05, 0.1) is 11.3 Å². The molecule has 1 aromatic carbocycles. The van der Waals surface area contributed by atoms with Crippen molar-refractivity contribution in [2.75, 3.05) is 0 Å². The number of alkyl halides is 4. The largest absolute Gasteiger partial charge is 0.453 e. The Bertz CT molecular complexity index is 665. The molecule has 2 aromatic rings. The number of benzene rings is 1. The van der Waals surface area contributed by atoms with Crippen LogP contribution < -0.4 is 4.74 Å². The van der Waals surface area contributed by atoms with Crippen LogP contribution in [0.25, 0.3) is 0 Å². The van der Waals surface area contributed by atoms with Crippen molar-refractivity contribution in [3.8, 4) is 11.5 Å². The van der Waals surface area contributed by atoms with E-state index in [0.29, 0.717) is 28.0 Å².